The molecule has 108 valence electrons. The summed E-state index contributed by atoms with van der Waals surface area (Å²) in [4.78, 5) is 13.6. The van der Waals surface area contributed by atoms with Gasteiger partial charge in [0.05, 0.1) is 22.6 Å². The fourth-order valence-corrected chi connectivity index (χ4v) is 5.25. The molecule has 6 heteroatoms. The van der Waals surface area contributed by atoms with Gasteiger partial charge in [0.2, 0.25) is 0 Å². The van der Waals surface area contributed by atoms with E-state index in [0.717, 1.165) is 5.56 Å². The van der Waals surface area contributed by atoms with Crippen LogP contribution in [-0.4, -0.2) is 42.7 Å². The summed E-state index contributed by atoms with van der Waals surface area (Å²) in [7, 11) is -3.24. The van der Waals surface area contributed by atoms with E-state index in [0.29, 0.717) is 17.9 Å². The molecule has 0 aromatic heterocycles. The second-order valence-electron chi connectivity index (χ2n) is 5.55. The molecule has 3 unspecified atom stereocenters. The average molecular weight is 295 g/mol. The third-order valence-corrected chi connectivity index (χ3v) is 6.31. The third-order valence-electron chi connectivity index (χ3n) is 4.51. The minimum Gasteiger partial charge on any atom is -0.481 e. The second kappa shape index (κ2) is 4.56. The Morgan fingerprint density at radius 3 is 2.70 bits per heavy atom. The van der Waals surface area contributed by atoms with Crippen LogP contribution in [0.5, 0.6) is 0 Å². The van der Waals surface area contributed by atoms with E-state index < -0.39 is 21.7 Å². The first-order valence-electron chi connectivity index (χ1n) is 6.72. The molecule has 1 aromatic rings. The van der Waals surface area contributed by atoms with Crippen molar-refractivity contribution in [2.24, 2.45) is 5.92 Å². The Labute approximate surface area is 118 Å². The van der Waals surface area contributed by atoms with E-state index >= 15 is 0 Å². The van der Waals surface area contributed by atoms with E-state index in [1.54, 1.807) is 12.1 Å². The molecule has 5 nitrogen and oxygen atoms in total. The van der Waals surface area contributed by atoms with Gasteiger partial charge in [-0.2, -0.15) is 0 Å². The zero-order valence-corrected chi connectivity index (χ0v) is 12.0. The summed E-state index contributed by atoms with van der Waals surface area (Å²) in [6.07, 6.45) is 0.579. The Hall–Kier alpha value is -1.40. The third kappa shape index (κ3) is 1.94. The van der Waals surface area contributed by atoms with Crippen LogP contribution in [0.4, 0.5) is 0 Å². The second-order valence-corrected chi connectivity index (χ2v) is 7.55. The smallest absolute Gasteiger partial charge is 0.308 e. The van der Waals surface area contributed by atoms with Gasteiger partial charge in [0.15, 0.2) is 9.84 Å². The number of rotatable bonds is 2. The normalized spacial score (nSPS) is 32.1. The minimum absolute atomic E-state index is 0.0586. The number of carbonyl (C=O) groups is 1. The van der Waals surface area contributed by atoms with Crippen LogP contribution in [-0.2, 0) is 14.6 Å². The van der Waals surface area contributed by atoms with Crippen molar-refractivity contribution in [1.82, 2.24) is 4.90 Å². The monoisotopic (exact) mass is 295 g/mol. The zero-order valence-electron chi connectivity index (χ0n) is 11.2. The van der Waals surface area contributed by atoms with Crippen molar-refractivity contribution in [3.63, 3.8) is 0 Å². The summed E-state index contributed by atoms with van der Waals surface area (Å²) >= 11 is 0. The molecule has 2 aliphatic rings. The molecule has 1 N–H and O–H groups in total. The molecule has 3 atom stereocenters. The van der Waals surface area contributed by atoms with Crippen molar-refractivity contribution in [3.8, 4) is 0 Å². The van der Waals surface area contributed by atoms with Gasteiger partial charge in [-0.15, -0.1) is 0 Å². The van der Waals surface area contributed by atoms with Crippen LogP contribution in [0.1, 0.15) is 24.9 Å². The fraction of sp³-hybridized carbons (Fsp3) is 0.500. The Morgan fingerprint density at radius 1 is 1.35 bits per heavy atom. The van der Waals surface area contributed by atoms with Crippen molar-refractivity contribution in [2.45, 2.75) is 30.3 Å². The van der Waals surface area contributed by atoms with E-state index in [-0.39, 0.29) is 17.8 Å². The predicted molar refractivity (Wildman–Crippen MR) is 73.1 cm³/mol. The van der Waals surface area contributed by atoms with Gasteiger partial charge in [-0.3, -0.25) is 9.69 Å². The number of hydrogen-bond donors (Lipinski definition) is 1. The van der Waals surface area contributed by atoms with E-state index in [1.165, 1.54) is 0 Å². The standard InChI is InChI=1S/C14H17NO4S/c1-9-10(14(16)17)6-7-15(9)12-8-20(18,19)13-5-3-2-4-11(12)13/h2-5,9-10,12H,6-8H2,1H3,(H,16,17). The maximum Gasteiger partial charge on any atom is 0.308 e. The first-order chi connectivity index (χ1) is 9.42. The van der Waals surface area contributed by atoms with Crippen LogP contribution < -0.4 is 0 Å². The maximum absolute atomic E-state index is 12.2. The number of aliphatic carboxylic acids is 1. The summed E-state index contributed by atoms with van der Waals surface area (Å²) in [5.74, 6) is -1.15. The van der Waals surface area contributed by atoms with Crippen LogP contribution >= 0.6 is 0 Å². The van der Waals surface area contributed by atoms with Gasteiger partial charge in [0.1, 0.15) is 0 Å². The van der Waals surface area contributed by atoms with Gasteiger partial charge in [-0.05, 0) is 31.5 Å². The minimum atomic E-state index is -3.24. The highest BCUT2D eigenvalue weighted by atomic mass is 32.2. The lowest BCUT2D eigenvalue weighted by Crippen LogP contribution is -2.36. The van der Waals surface area contributed by atoms with E-state index in [9.17, 15) is 18.3 Å². The highest BCUT2D eigenvalue weighted by Crippen LogP contribution is 2.41. The average Bonchev–Trinajstić information content (AvgIpc) is 2.89. The Morgan fingerprint density at radius 2 is 2.05 bits per heavy atom. The largest absolute Gasteiger partial charge is 0.481 e. The lowest BCUT2D eigenvalue weighted by molar-refractivity contribution is -0.142. The molecule has 1 fully saturated rings. The van der Waals surface area contributed by atoms with Crippen molar-refractivity contribution in [3.05, 3.63) is 29.8 Å². The molecule has 0 aliphatic carbocycles. The van der Waals surface area contributed by atoms with Gasteiger partial charge >= 0.3 is 5.97 Å². The Kier molecular flexibility index (Phi) is 3.10. The highest BCUT2D eigenvalue weighted by molar-refractivity contribution is 7.91. The van der Waals surface area contributed by atoms with Crippen LogP contribution in [0.2, 0.25) is 0 Å². The van der Waals surface area contributed by atoms with Crippen LogP contribution in [0.3, 0.4) is 0 Å². The molecular weight excluding hydrogens is 278 g/mol. The number of benzene rings is 1. The topological polar surface area (TPSA) is 74.7 Å². The Bertz CT molecular complexity index is 655. The van der Waals surface area contributed by atoms with E-state index in [2.05, 4.69) is 0 Å². The van der Waals surface area contributed by atoms with E-state index in [4.69, 9.17) is 0 Å². The first kappa shape index (κ1) is 13.6. The molecule has 2 heterocycles. The van der Waals surface area contributed by atoms with Crippen molar-refractivity contribution >= 4 is 15.8 Å². The van der Waals surface area contributed by atoms with Gasteiger partial charge in [0, 0.05) is 6.04 Å². The number of carboxylic acids is 1. The van der Waals surface area contributed by atoms with E-state index in [1.807, 2.05) is 24.0 Å². The fourth-order valence-electron chi connectivity index (χ4n) is 3.43. The molecule has 0 spiro atoms. The van der Waals surface area contributed by atoms with Gasteiger partial charge in [0.25, 0.3) is 0 Å². The summed E-state index contributed by atoms with van der Waals surface area (Å²) in [6.45, 7) is 2.51. The molecule has 1 saturated heterocycles. The first-order valence-corrected chi connectivity index (χ1v) is 8.37. The molecule has 20 heavy (non-hydrogen) atoms. The predicted octanol–water partition coefficient (Wildman–Crippen LogP) is 1.31. The number of nitrogens with zero attached hydrogens (tertiary/aromatic N) is 1. The molecular formula is C14H17NO4S. The Balaban J connectivity index is 1.96. The highest BCUT2D eigenvalue weighted by Gasteiger charge is 2.44. The van der Waals surface area contributed by atoms with Crippen molar-refractivity contribution in [1.29, 1.82) is 0 Å². The summed E-state index contributed by atoms with van der Waals surface area (Å²) < 4.78 is 24.4. The number of carboxylic acid groups (broad SMARTS) is 1. The van der Waals surface area contributed by atoms with Crippen LogP contribution in [0.25, 0.3) is 0 Å². The van der Waals surface area contributed by atoms with Gasteiger partial charge in [-0.25, -0.2) is 8.42 Å². The summed E-state index contributed by atoms with van der Waals surface area (Å²) in [5, 5.41) is 9.20. The summed E-state index contributed by atoms with van der Waals surface area (Å²) in [6, 6.07) is 6.69. The SMILES string of the molecule is CC1C(C(=O)O)CCN1C1CS(=O)(=O)c2ccccc21. The molecule has 1 aromatic carbocycles. The lowest BCUT2D eigenvalue weighted by Gasteiger charge is -2.29. The number of sulfone groups is 1. The number of likely N-dealkylation sites (tertiary alicyclic amines) is 1. The van der Waals surface area contributed by atoms with Crippen molar-refractivity contribution < 1.29 is 18.3 Å². The molecule has 0 saturated carbocycles. The van der Waals surface area contributed by atoms with Gasteiger partial charge < -0.3 is 5.11 Å². The molecule has 0 radical (unpaired) electrons. The molecule has 2 aliphatic heterocycles. The summed E-state index contributed by atoms with van der Waals surface area (Å²) in [5.41, 5.74) is 0.811. The molecule has 3 rings (SSSR count). The van der Waals surface area contributed by atoms with Crippen molar-refractivity contribution in [2.75, 3.05) is 12.3 Å². The van der Waals surface area contributed by atoms with Gasteiger partial charge in [-0.1, -0.05) is 18.2 Å². The zero-order chi connectivity index (χ0) is 14.5. The molecule has 0 amide bonds. The quantitative estimate of drug-likeness (QED) is 0.890. The maximum atomic E-state index is 12.2. The number of hydrogen-bond acceptors (Lipinski definition) is 4. The van der Waals surface area contributed by atoms with Crippen LogP contribution in [0, 0.1) is 5.92 Å². The lowest BCUT2D eigenvalue weighted by atomic mass is 10.0. The molecule has 0 bridgehead atoms. The van der Waals surface area contributed by atoms with Crippen LogP contribution in [0.15, 0.2) is 29.2 Å². The number of fused-ring (bicyclic) bond motifs is 1.